The van der Waals surface area contributed by atoms with Crippen LogP contribution in [-0.4, -0.2) is 16.3 Å². The van der Waals surface area contributed by atoms with Gasteiger partial charge in [0, 0.05) is 0 Å². The number of aliphatic hydroxyl groups is 1. The van der Waals surface area contributed by atoms with E-state index in [1.165, 1.54) is 24.8 Å². The Morgan fingerprint density at radius 2 is 1.89 bits per heavy atom. The molecule has 18 heavy (non-hydrogen) atoms. The molecule has 2 N–H and O–H groups in total. The Labute approximate surface area is 110 Å². The minimum absolute atomic E-state index is 0.146. The van der Waals surface area contributed by atoms with Crippen molar-refractivity contribution in [3.05, 3.63) is 29.8 Å². The molecular formula is C16H24O2. The number of aromatic hydroxyl groups is 1. The second kappa shape index (κ2) is 6.24. The maximum atomic E-state index is 10.1. The summed E-state index contributed by atoms with van der Waals surface area (Å²) in [5, 5.41) is 19.4. The van der Waals surface area contributed by atoms with Crippen LogP contribution in [0.25, 0.3) is 0 Å². The van der Waals surface area contributed by atoms with E-state index in [2.05, 4.69) is 6.92 Å². The van der Waals surface area contributed by atoms with Gasteiger partial charge < -0.3 is 10.2 Å². The van der Waals surface area contributed by atoms with E-state index in [1.807, 2.05) is 12.1 Å². The van der Waals surface area contributed by atoms with Gasteiger partial charge in [-0.15, -0.1) is 0 Å². The van der Waals surface area contributed by atoms with Crippen LogP contribution in [0.5, 0.6) is 5.75 Å². The van der Waals surface area contributed by atoms with Gasteiger partial charge in [0.05, 0.1) is 6.10 Å². The zero-order valence-electron chi connectivity index (χ0n) is 11.2. The van der Waals surface area contributed by atoms with E-state index in [1.54, 1.807) is 12.1 Å². The molecule has 0 bridgehead atoms. The van der Waals surface area contributed by atoms with Gasteiger partial charge in [0.1, 0.15) is 5.75 Å². The summed E-state index contributed by atoms with van der Waals surface area (Å²) in [5.41, 5.74) is 1.22. The van der Waals surface area contributed by atoms with Crippen LogP contribution >= 0.6 is 0 Å². The molecule has 0 saturated heterocycles. The quantitative estimate of drug-likeness (QED) is 0.856. The van der Waals surface area contributed by atoms with Gasteiger partial charge in [-0.2, -0.15) is 0 Å². The standard InChI is InChI=1S/C16H24O2/c1-2-3-12-6-9-16(18)14(10-12)11-13-4-7-15(17)8-5-13/h4-5,7-8,12,14,16-18H,2-3,6,9-11H2,1H3. The zero-order valence-corrected chi connectivity index (χ0v) is 11.2. The Kier molecular flexibility index (Phi) is 4.65. The van der Waals surface area contributed by atoms with Crippen molar-refractivity contribution in [3.63, 3.8) is 0 Å². The molecule has 3 atom stereocenters. The highest BCUT2D eigenvalue weighted by Crippen LogP contribution is 2.34. The van der Waals surface area contributed by atoms with Gasteiger partial charge in [-0.1, -0.05) is 31.9 Å². The molecule has 1 fully saturated rings. The van der Waals surface area contributed by atoms with Crippen LogP contribution in [0.1, 0.15) is 44.6 Å². The predicted molar refractivity (Wildman–Crippen MR) is 73.6 cm³/mol. The second-order valence-corrected chi connectivity index (χ2v) is 5.67. The van der Waals surface area contributed by atoms with Gasteiger partial charge >= 0.3 is 0 Å². The minimum atomic E-state index is -0.146. The number of hydrogen-bond donors (Lipinski definition) is 2. The van der Waals surface area contributed by atoms with Crippen molar-refractivity contribution in [2.45, 2.75) is 51.6 Å². The number of aliphatic hydroxyl groups excluding tert-OH is 1. The third kappa shape index (κ3) is 3.49. The molecule has 2 rings (SSSR count). The SMILES string of the molecule is CCCC1CCC(O)C(Cc2ccc(O)cc2)C1. The van der Waals surface area contributed by atoms with E-state index in [-0.39, 0.29) is 6.10 Å². The summed E-state index contributed by atoms with van der Waals surface area (Å²) in [5.74, 6) is 1.49. The lowest BCUT2D eigenvalue weighted by atomic mass is 9.75. The van der Waals surface area contributed by atoms with Crippen molar-refractivity contribution in [2.75, 3.05) is 0 Å². The summed E-state index contributed by atoms with van der Waals surface area (Å²) in [7, 11) is 0. The fourth-order valence-corrected chi connectivity index (χ4v) is 3.17. The first-order chi connectivity index (χ1) is 8.69. The van der Waals surface area contributed by atoms with Crippen LogP contribution < -0.4 is 0 Å². The molecular weight excluding hydrogens is 224 g/mol. The van der Waals surface area contributed by atoms with Gasteiger partial charge in [0.15, 0.2) is 0 Å². The van der Waals surface area contributed by atoms with Crippen molar-refractivity contribution < 1.29 is 10.2 Å². The highest BCUT2D eigenvalue weighted by molar-refractivity contribution is 5.26. The molecule has 1 aliphatic rings. The molecule has 0 spiro atoms. The molecule has 0 amide bonds. The molecule has 1 saturated carbocycles. The van der Waals surface area contributed by atoms with Crippen LogP contribution in [-0.2, 0) is 6.42 Å². The van der Waals surface area contributed by atoms with E-state index < -0.39 is 0 Å². The molecule has 2 heteroatoms. The van der Waals surface area contributed by atoms with Crippen molar-refractivity contribution in [1.29, 1.82) is 0 Å². The molecule has 0 aromatic heterocycles. The largest absolute Gasteiger partial charge is 0.508 e. The van der Waals surface area contributed by atoms with Crippen LogP contribution in [0.3, 0.4) is 0 Å². The minimum Gasteiger partial charge on any atom is -0.508 e. The Hall–Kier alpha value is -1.02. The highest BCUT2D eigenvalue weighted by atomic mass is 16.3. The lowest BCUT2D eigenvalue weighted by molar-refractivity contribution is 0.0463. The Morgan fingerprint density at radius 3 is 2.56 bits per heavy atom. The predicted octanol–water partition coefficient (Wildman–Crippen LogP) is 3.51. The third-order valence-electron chi connectivity index (χ3n) is 4.18. The van der Waals surface area contributed by atoms with Crippen molar-refractivity contribution >= 4 is 0 Å². The first-order valence-corrected chi connectivity index (χ1v) is 7.15. The molecule has 0 heterocycles. The summed E-state index contributed by atoms with van der Waals surface area (Å²) >= 11 is 0. The Morgan fingerprint density at radius 1 is 1.17 bits per heavy atom. The first kappa shape index (κ1) is 13.4. The highest BCUT2D eigenvalue weighted by Gasteiger charge is 2.28. The van der Waals surface area contributed by atoms with E-state index in [0.717, 1.165) is 25.2 Å². The molecule has 100 valence electrons. The van der Waals surface area contributed by atoms with E-state index >= 15 is 0 Å². The summed E-state index contributed by atoms with van der Waals surface area (Å²) in [4.78, 5) is 0. The van der Waals surface area contributed by atoms with E-state index in [4.69, 9.17) is 0 Å². The first-order valence-electron chi connectivity index (χ1n) is 7.15. The number of benzene rings is 1. The number of phenolic OH excluding ortho intramolecular Hbond substituents is 1. The van der Waals surface area contributed by atoms with Gasteiger partial charge in [-0.3, -0.25) is 0 Å². The lowest BCUT2D eigenvalue weighted by Gasteiger charge is -2.33. The van der Waals surface area contributed by atoms with Crippen molar-refractivity contribution in [2.24, 2.45) is 11.8 Å². The summed E-state index contributed by atoms with van der Waals surface area (Å²) in [6, 6.07) is 7.39. The molecule has 2 nitrogen and oxygen atoms in total. The normalized spacial score (nSPS) is 28.2. The number of phenols is 1. The Bertz CT molecular complexity index is 358. The fraction of sp³-hybridized carbons (Fsp3) is 0.625. The number of rotatable bonds is 4. The van der Waals surface area contributed by atoms with E-state index in [9.17, 15) is 10.2 Å². The van der Waals surface area contributed by atoms with Crippen molar-refractivity contribution in [3.8, 4) is 5.75 Å². The number of hydrogen-bond acceptors (Lipinski definition) is 2. The average Bonchev–Trinajstić information content (AvgIpc) is 2.36. The van der Waals surface area contributed by atoms with Crippen molar-refractivity contribution in [1.82, 2.24) is 0 Å². The maximum Gasteiger partial charge on any atom is 0.115 e. The van der Waals surface area contributed by atoms with Gasteiger partial charge in [0.25, 0.3) is 0 Å². The fourth-order valence-electron chi connectivity index (χ4n) is 3.17. The van der Waals surface area contributed by atoms with Crippen LogP contribution in [0.2, 0.25) is 0 Å². The summed E-state index contributed by atoms with van der Waals surface area (Å²) in [6.45, 7) is 2.24. The molecule has 1 aliphatic carbocycles. The molecule has 1 aromatic carbocycles. The molecule has 3 unspecified atom stereocenters. The second-order valence-electron chi connectivity index (χ2n) is 5.67. The van der Waals surface area contributed by atoms with Gasteiger partial charge in [-0.05, 0) is 55.2 Å². The monoisotopic (exact) mass is 248 g/mol. The molecule has 0 aliphatic heterocycles. The van der Waals surface area contributed by atoms with Crippen LogP contribution in [0.4, 0.5) is 0 Å². The maximum absolute atomic E-state index is 10.1. The zero-order chi connectivity index (χ0) is 13.0. The molecule has 1 aromatic rings. The third-order valence-corrected chi connectivity index (χ3v) is 4.18. The van der Waals surface area contributed by atoms with Gasteiger partial charge in [-0.25, -0.2) is 0 Å². The Balaban J connectivity index is 1.95. The van der Waals surface area contributed by atoms with Gasteiger partial charge in [0.2, 0.25) is 0 Å². The van der Waals surface area contributed by atoms with E-state index in [0.29, 0.717) is 11.7 Å². The van der Waals surface area contributed by atoms with Crippen LogP contribution in [0.15, 0.2) is 24.3 Å². The summed E-state index contributed by atoms with van der Waals surface area (Å²) in [6.07, 6.45) is 6.60. The molecule has 0 radical (unpaired) electrons. The van der Waals surface area contributed by atoms with Crippen LogP contribution in [0, 0.1) is 11.8 Å². The lowest BCUT2D eigenvalue weighted by Crippen LogP contribution is -2.30. The topological polar surface area (TPSA) is 40.5 Å². The average molecular weight is 248 g/mol. The smallest absolute Gasteiger partial charge is 0.115 e. The summed E-state index contributed by atoms with van der Waals surface area (Å²) < 4.78 is 0.